The van der Waals surface area contributed by atoms with Crippen LogP contribution in [0.1, 0.15) is 30.8 Å². The Morgan fingerprint density at radius 1 is 1.19 bits per heavy atom. The Morgan fingerprint density at radius 3 is 2.38 bits per heavy atom. The lowest BCUT2D eigenvalue weighted by molar-refractivity contribution is -0.132. The van der Waals surface area contributed by atoms with Gasteiger partial charge in [-0.3, -0.25) is 9.48 Å². The van der Waals surface area contributed by atoms with Gasteiger partial charge >= 0.3 is 0 Å². The normalized spacial score (nSPS) is 16.8. The van der Waals surface area contributed by atoms with E-state index in [2.05, 4.69) is 37.8 Å². The quantitative estimate of drug-likeness (QED) is 0.844. The molecule has 2 heterocycles. The lowest BCUT2D eigenvalue weighted by Crippen LogP contribution is -2.47. The van der Waals surface area contributed by atoms with Gasteiger partial charge in [-0.05, 0) is 26.8 Å². The summed E-state index contributed by atoms with van der Waals surface area (Å²) in [4.78, 5) is 16.7. The average Bonchev–Trinajstić information content (AvgIpc) is 2.66. The molecule has 1 amide bonds. The van der Waals surface area contributed by atoms with Crippen LogP contribution >= 0.6 is 0 Å². The molecular weight excluding hydrogens is 264 g/mol. The number of rotatable bonds is 4. The van der Waals surface area contributed by atoms with Crippen molar-refractivity contribution < 1.29 is 4.79 Å². The molecule has 0 saturated carbocycles. The highest BCUT2D eigenvalue weighted by Crippen LogP contribution is 2.16. The summed E-state index contributed by atoms with van der Waals surface area (Å²) in [6.07, 6.45) is 0.486. The Morgan fingerprint density at radius 2 is 1.81 bits per heavy atom. The molecule has 2 rings (SSSR count). The van der Waals surface area contributed by atoms with Gasteiger partial charge in [0.1, 0.15) is 0 Å². The third-order valence-electron chi connectivity index (χ3n) is 4.25. The summed E-state index contributed by atoms with van der Waals surface area (Å²) >= 11 is 0. The first kappa shape index (κ1) is 16.0. The third kappa shape index (κ3) is 3.84. The summed E-state index contributed by atoms with van der Waals surface area (Å²) in [5.74, 6) is 0.794. The number of piperazine rings is 1. The molecule has 5 heteroatoms. The topological polar surface area (TPSA) is 41.4 Å². The lowest BCUT2D eigenvalue weighted by Gasteiger charge is -2.32. The molecule has 21 heavy (non-hydrogen) atoms. The Balaban J connectivity index is 2.05. The molecule has 1 aromatic rings. The summed E-state index contributed by atoms with van der Waals surface area (Å²) in [6.45, 7) is 13.0. The SMILES string of the molecule is Cc1nn(CC(C)C)c(C)c1CC(=O)N1CCN(C)CC1. The van der Waals surface area contributed by atoms with Gasteiger partial charge in [0, 0.05) is 44.0 Å². The highest BCUT2D eigenvalue weighted by Gasteiger charge is 2.22. The minimum Gasteiger partial charge on any atom is -0.340 e. The molecule has 1 aliphatic rings. The summed E-state index contributed by atoms with van der Waals surface area (Å²) in [5, 5.41) is 4.60. The molecule has 0 radical (unpaired) electrons. The first-order chi connectivity index (χ1) is 9.88. The van der Waals surface area contributed by atoms with E-state index in [0.29, 0.717) is 12.3 Å². The number of aromatic nitrogens is 2. The number of carbonyl (C=O) groups excluding carboxylic acids is 1. The van der Waals surface area contributed by atoms with Crippen molar-refractivity contribution in [3.63, 3.8) is 0 Å². The maximum Gasteiger partial charge on any atom is 0.227 e. The largest absolute Gasteiger partial charge is 0.340 e. The molecule has 0 bridgehead atoms. The number of nitrogens with zero attached hydrogens (tertiary/aromatic N) is 4. The second kappa shape index (κ2) is 6.60. The highest BCUT2D eigenvalue weighted by molar-refractivity contribution is 5.79. The first-order valence-electron chi connectivity index (χ1n) is 7.87. The molecule has 0 N–H and O–H groups in total. The molecule has 118 valence electrons. The van der Waals surface area contributed by atoms with Crippen molar-refractivity contribution in [1.29, 1.82) is 0 Å². The molecule has 5 nitrogen and oxygen atoms in total. The van der Waals surface area contributed by atoms with Gasteiger partial charge in [0.25, 0.3) is 0 Å². The molecule has 0 aliphatic carbocycles. The third-order valence-corrected chi connectivity index (χ3v) is 4.25. The van der Waals surface area contributed by atoms with Gasteiger partial charge < -0.3 is 9.80 Å². The van der Waals surface area contributed by atoms with Gasteiger partial charge in [-0.25, -0.2) is 0 Å². The summed E-state index contributed by atoms with van der Waals surface area (Å²) in [5.41, 5.74) is 3.25. The number of likely N-dealkylation sites (N-methyl/N-ethyl adjacent to an activating group) is 1. The van der Waals surface area contributed by atoms with Gasteiger partial charge in [0.05, 0.1) is 12.1 Å². The van der Waals surface area contributed by atoms with E-state index < -0.39 is 0 Å². The summed E-state index contributed by atoms with van der Waals surface area (Å²) in [7, 11) is 2.10. The van der Waals surface area contributed by atoms with Crippen molar-refractivity contribution in [1.82, 2.24) is 19.6 Å². The fraction of sp³-hybridized carbons (Fsp3) is 0.750. The number of hydrogen-bond acceptors (Lipinski definition) is 3. The Hall–Kier alpha value is -1.36. The lowest BCUT2D eigenvalue weighted by atomic mass is 10.1. The van der Waals surface area contributed by atoms with Crippen LogP contribution in [0.5, 0.6) is 0 Å². The fourth-order valence-electron chi connectivity index (χ4n) is 2.83. The Kier molecular flexibility index (Phi) is 5.04. The standard InChI is InChI=1S/C16H28N4O/c1-12(2)11-20-14(4)15(13(3)17-20)10-16(21)19-8-6-18(5)7-9-19/h12H,6-11H2,1-5H3. The predicted octanol–water partition coefficient (Wildman–Crippen LogP) is 1.47. The smallest absolute Gasteiger partial charge is 0.227 e. The molecule has 1 fully saturated rings. The molecular formula is C16H28N4O. The number of hydrogen-bond donors (Lipinski definition) is 0. The zero-order chi connectivity index (χ0) is 15.6. The minimum absolute atomic E-state index is 0.235. The van der Waals surface area contributed by atoms with Crippen molar-refractivity contribution >= 4 is 5.91 Å². The van der Waals surface area contributed by atoms with Crippen LogP contribution in [-0.4, -0.2) is 58.7 Å². The molecule has 1 aromatic heterocycles. The molecule has 0 spiro atoms. The first-order valence-corrected chi connectivity index (χ1v) is 7.87. The number of carbonyl (C=O) groups is 1. The number of aryl methyl sites for hydroxylation is 1. The van der Waals surface area contributed by atoms with Crippen LogP contribution < -0.4 is 0 Å². The van der Waals surface area contributed by atoms with Gasteiger partial charge in [-0.2, -0.15) is 5.10 Å². The Bertz CT molecular complexity index is 499. The van der Waals surface area contributed by atoms with Crippen LogP contribution in [0.2, 0.25) is 0 Å². The molecule has 0 unspecified atom stereocenters. The van der Waals surface area contributed by atoms with Crippen LogP contribution in [0.15, 0.2) is 0 Å². The van der Waals surface area contributed by atoms with Gasteiger partial charge in [-0.1, -0.05) is 13.8 Å². The molecule has 0 aromatic carbocycles. The van der Waals surface area contributed by atoms with Crippen LogP contribution in [0.4, 0.5) is 0 Å². The second-order valence-electron chi connectivity index (χ2n) is 6.59. The summed E-state index contributed by atoms with van der Waals surface area (Å²) < 4.78 is 2.05. The molecule has 1 saturated heterocycles. The van der Waals surface area contributed by atoms with E-state index in [1.807, 2.05) is 16.5 Å². The maximum absolute atomic E-state index is 12.5. The van der Waals surface area contributed by atoms with Crippen LogP contribution in [-0.2, 0) is 17.8 Å². The van der Waals surface area contributed by atoms with E-state index in [-0.39, 0.29) is 5.91 Å². The zero-order valence-corrected chi connectivity index (χ0v) is 14.0. The number of amides is 1. The van der Waals surface area contributed by atoms with Gasteiger partial charge in [-0.15, -0.1) is 0 Å². The van der Waals surface area contributed by atoms with Gasteiger partial charge in [0.2, 0.25) is 5.91 Å². The second-order valence-corrected chi connectivity index (χ2v) is 6.59. The van der Waals surface area contributed by atoms with Crippen molar-refractivity contribution in [2.45, 2.75) is 40.7 Å². The molecule has 1 aliphatic heterocycles. The highest BCUT2D eigenvalue weighted by atomic mass is 16.2. The van der Waals surface area contributed by atoms with Crippen molar-refractivity contribution in [3.8, 4) is 0 Å². The fourth-order valence-corrected chi connectivity index (χ4v) is 2.83. The zero-order valence-electron chi connectivity index (χ0n) is 14.0. The van der Waals surface area contributed by atoms with Crippen molar-refractivity contribution in [2.75, 3.05) is 33.2 Å². The van der Waals surface area contributed by atoms with E-state index >= 15 is 0 Å². The summed E-state index contributed by atoms with van der Waals surface area (Å²) in [6, 6.07) is 0. The van der Waals surface area contributed by atoms with E-state index in [9.17, 15) is 4.79 Å². The van der Waals surface area contributed by atoms with E-state index in [0.717, 1.165) is 49.7 Å². The average molecular weight is 292 g/mol. The van der Waals surface area contributed by atoms with Crippen molar-refractivity contribution in [3.05, 3.63) is 17.0 Å². The predicted molar refractivity (Wildman–Crippen MR) is 84.3 cm³/mol. The van der Waals surface area contributed by atoms with E-state index in [1.54, 1.807) is 0 Å². The van der Waals surface area contributed by atoms with Crippen molar-refractivity contribution in [2.24, 2.45) is 5.92 Å². The Labute approximate surface area is 127 Å². The van der Waals surface area contributed by atoms with Crippen LogP contribution in [0.3, 0.4) is 0 Å². The monoisotopic (exact) mass is 292 g/mol. The van der Waals surface area contributed by atoms with Crippen LogP contribution in [0, 0.1) is 19.8 Å². The minimum atomic E-state index is 0.235. The molecule has 0 atom stereocenters. The maximum atomic E-state index is 12.5. The van der Waals surface area contributed by atoms with Crippen LogP contribution in [0.25, 0.3) is 0 Å². The van der Waals surface area contributed by atoms with E-state index in [1.165, 1.54) is 0 Å². The van der Waals surface area contributed by atoms with Gasteiger partial charge in [0.15, 0.2) is 0 Å². The van der Waals surface area contributed by atoms with E-state index in [4.69, 9.17) is 0 Å².